The third-order valence-electron chi connectivity index (χ3n) is 6.34. The Morgan fingerprint density at radius 1 is 1.09 bits per heavy atom. The fourth-order valence-electron chi connectivity index (χ4n) is 4.46. The van der Waals surface area contributed by atoms with Crippen molar-refractivity contribution < 1.29 is 23.9 Å². The monoisotopic (exact) mass is 436 g/mol. The highest BCUT2D eigenvalue weighted by Gasteiger charge is 2.66. The summed E-state index contributed by atoms with van der Waals surface area (Å²) in [7, 11) is 0. The zero-order valence-corrected chi connectivity index (χ0v) is 18.4. The summed E-state index contributed by atoms with van der Waals surface area (Å²) in [5, 5.41) is 2.74. The lowest BCUT2D eigenvalue weighted by molar-refractivity contribution is -0.156. The molecule has 0 aromatic heterocycles. The molecule has 0 bridgehead atoms. The molecule has 2 aliphatic rings. The standard InChI is InChI=1S/C25H28N2O5/c1-3-31-24(30)23-25(2)14-18(25)15-27(23)22(29)13-21(28)26-19-9-11-20(12-10-19)32-16-17-7-5-4-6-8-17/h4-12,18,23H,3,13-16H2,1-2H3,(H,26,28)/t18-,23-,25-/m1/s1. The van der Waals surface area contributed by atoms with Crippen molar-refractivity contribution >= 4 is 23.5 Å². The second-order valence-corrected chi connectivity index (χ2v) is 8.63. The molecule has 0 radical (unpaired) electrons. The molecule has 7 heteroatoms. The molecule has 1 aliphatic carbocycles. The van der Waals surface area contributed by atoms with Crippen molar-refractivity contribution in [1.82, 2.24) is 4.90 Å². The van der Waals surface area contributed by atoms with E-state index in [0.717, 1.165) is 12.0 Å². The van der Waals surface area contributed by atoms with Gasteiger partial charge in [0.05, 0.1) is 6.61 Å². The van der Waals surface area contributed by atoms with Gasteiger partial charge in [0.15, 0.2) is 0 Å². The molecule has 1 saturated carbocycles. The predicted molar refractivity (Wildman–Crippen MR) is 119 cm³/mol. The van der Waals surface area contributed by atoms with Crippen LogP contribution in [0.1, 0.15) is 32.3 Å². The van der Waals surface area contributed by atoms with Crippen LogP contribution in [0.2, 0.25) is 0 Å². The Morgan fingerprint density at radius 3 is 2.50 bits per heavy atom. The highest BCUT2D eigenvalue weighted by atomic mass is 16.5. The van der Waals surface area contributed by atoms with E-state index < -0.39 is 11.9 Å². The van der Waals surface area contributed by atoms with Crippen molar-refractivity contribution in [3.63, 3.8) is 0 Å². The zero-order valence-electron chi connectivity index (χ0n) is 18.4. The normalized spacial score (nSPS) is 23.2. The zero-order chi connectivity index (χ0) is 22.7. The van der Waals surface area contributed by atoms with Gasteiger partial charge in [0.1, 0.15) is 24.8 Å². The minimum absolute atomic E-state index is 0.228. The van der Waals surface area contributed by atoms with Gasteiger partial charge in [-0.15, -0.1) is 0 Å². The van der Waals surface area contributed by atoms with Crippen LogP contribution in [-0.2, 0) is 25.7 Å². The van der Waals surface area contributed by atoms with Crippen LogP contribution in [0.5, 0.6) is 5.75 Å². The Morgan fingerprint density at radius 2 is 1.81 bits per heavy atom. The summed E-state index contributed by atoms with van der Waals surface area (Å²) in [4.78, 5) is 39.2. The van der Waals surface area contributed by atoms with E-state index in [1.807, 2.05) is 37.3 Å². The van der Waals surface area contributed by atoms with Crippen LogP contribution in [0.25, 0.3) is 0 Å². The van der Waals surface area contributed by atoms with E-state index in [1.54, 1.807) is 31.2 Å². The molecule has 1 aliphatic heterocycles. The number of hydrogen-bond acceptors (Lipinski definition) is 5. The lowest BCUT2D eigenvalue weighted by atomic mass is 9.98. The van der Waals surface area contributed by atoms with Crippen molar-refractivity contribution in [3.05, 3.63) is 60.2 Å². The topological polar surface area (TPSA) is 84.9 Å². The molecule has 2 fully saturated rings. The quantitative estimate of drug-likeness (QED) is 0.507. The van der Waals surface area contributed by atoms with Gasteiger partial charge in [-0.1, -0.05) is 37.3 Å². The number of esters is 1. The summed E-state index contributed by atoms with van der Waals surface area (Å²) >= 11 is 0. The second kappa shape index (κ2) is 9.02. The number of piperidine rings is 1. The third kappa shape index (κ3) is 4.61. The number of ether oxygens (including phenoxy) is 2. The van der Waals surface area contributed by atoms with Gasteiger partial charge in [0, 0.05) is 17.6 Å². The number of nitrogens with zero attached hydrogens (tertiary/aromatic N) is 1. The fourth-order valence-corrected chi connectivity index (χ4v) is 4.46. The molecule has 1 N–H and O–H groups in total. The largest absolute Gasteiger partial charge is 0.489 e. The lowest BCUT2D eigenvalue weighted by Gasteiger charge is -2.28. The van der Waals surface area contributed by atoms with E-state index in [2.05, 4.69) is 5.32 Å². The number of amides is 2. The molecule has 168 valence electrons. The average molecular weight is 437 g/mol. The molecule has 3 atom stereocenters. The predicted octanol–water partition coefficient (Wildman–Crippen LogP) is 3.39. The Balaban J connectivity index is 1.29. The van der Waals surface area contributed by atoms with Crippen molar-refractivity contribution in [1.29, 1.82) is 0 Å². The number of nitrogens with one attached hydrogen (secondary N) is 1. The van der Waals surface area contributed by atoms with Crippen LogP contribution in [0.4, 0.5) is 5.69 Å². The molecule has 0 spiro atoms. The maximum Gasteiger partial charge on any atom is 0.329 e. The summed E-state index contributed by atoms with van der Waals surface area (Å²) in [6.45, 7) is 4.98. The first-order valence-corrected chi connectivity index (χ1v) is 10.9. The molecule has 4 rings (SSSR count). The molecule has 1 saturated heterocycles. The van der Waals surface area contributed by atoms with Gasteiger partial charge in [-0.3, -0.25) is 9.59 Å². The van der Waals surface area contributed by atoms with Crippen LogP contribution in [-0.4, -0.2) is 41.9 Å². The number of carbonyl (C=O) groups excluding carboxylic acids is 3. The first-order chi connectivity index (χ1) is 15.4. The number of hydrogen-bond donors (Lipinski definition) is 1. The van der Waals surface area contributed by atoms with Crippen LogP contribution in [0.3, 0.4) is 0 Å². The summed E-state index contributed by atoms with van der Waals surface area (Å²) < 4.78 is 10.9. The van der Waals surface area contributed by atoms with Crippen molar-refractivity contribution in [3.8, 4) is 5.75 Å². The van der Waals surface area contributed by atoms with Gasteiger partial charge in [-0.25, -0.2) is 4.79 Å². The summed E-state index contributed by atoms with van der Waals surface area (Å²) in [6, 6.07) is 16.2. The lowest BCUT2D eigenvalue weighted by Crippen LogP contribution is -2.47. The van der Waals surface area contributed by atoms with Gasteiger partial charge in [-0.05, 0) is 49.1 Å². The molecule has 32 heavy (non-hydrogen) atoms. The minimum Gasteiger partial charge on any atom is -0.489 e. The van der Waals surface area contributed by atoms with Crippen molar-refractivity contribution in [2.45, 2.75) is 39.3 Å². The SMILES string of the molecule is CCOC(=O)[C@H]1N(C(=O)CC(=O)Nc2ccc(OCc3ccccc3)cc2)C[C@H]2C[C@]21C. The Labute approximate surface area is 187 Å². The maximum absolute atomic E-state index is 12.8. The van der Waals surface area contributed by atoms with E-state index in [9.17, 15) is 14.4 Å². The van der Waals surface area contributed by atoms with Gasteiger partial charge in [0.25, 0.3) is 0 Å². The minimum atomic E-state index is -0.603. The van der Waals surface area contributed by atoms with Crippen molar-refractivity contribution in [2.75, 3.05) is 18.5 Å². The van der Waals surface area contributed by atoms with Crippen LogP contribution in [0, 0.1) is 11.3 Å². The fraction of sp³-hybridized carbons (Fsp3) is 0.400. The molecule has 1 heterocycles. The molecule has 2 amide bonds. The van der Waals surface area contributed by atoms with E-state index >= 15 is 0 Å². The van der Waals surface area contributed by atoms with Crippen LogP contribution < -0.4 is 10.1 Å². The van der Waals surface area contributed by atoms with Crippen LogP contribution >= 0.6 is 0 Å². The molecule has 2 aromatic rings. The Hall–Kier alpha value is -3.35. The number of anilines is 1. The van der Waals surface area contributed by atoms with E-state index in [0.29, 0.717) is 30.5 Å². The first kappa shape index (κ1) is 21.9. The van der Waals surface area contributed by atoms with E-state index in [4.69, 9.17) is 9.47 Å². The highest BCUT2D eigenvalue weighted by molar-refractivity contribution is 6.04. The van der Waals surface area contributed by atoms with Gasteiger partial charge < -0.3 is 19.7 Å². The Kier molecular flexibility index (Phi) is 6.17. The third-order valence-corrected chi connectivity index (χ3v) is 6.34. The maximum atomic E-state index is 12.8. The van der Waals surface area contributed by atoms with E-state index in [1.165, 1.54) is 4.90 Å². The smallest absolute Gasteiger partial charge is 0.329 e. The van der Waals surface area contributed by atoms with Crippen molar-refractivity contribution in [2.24, 2.45) is 11.3 Å². The van der Waals surface area contributed by atoms with Gasteiger partial charge >= 0.3 is 5.97 Å². The first-order valence-electron chi connectivity index (χ1n) is 10.9. The van der Waals surface area contributed by atoms with Gasteiger partial charge in [-0.2, -0.15) is 0 Å². The number of fused-ring (bicyclic) bond motifs is 1. The highest BCUT2D eigenvalue weighted by Crippen LogP contribution is 2.61. The molecule has 7 nitrogen and oxygen atoms in total. The van der Waals surface area contributed by atoms with Gasteiger partial charge in [0.2, 0.25) is 11.8 Å². The number of likely N-dealkylation sites (tertiary alicyclic amines) is 1. The second-order valence-electron chi connectivity index (χ2n) is 8.63. The average Bonchev–Trinajstić information content (AvgIpc) is 3.33. The number of rotatable bonds is 8. The Bertz CT molecular complexity index is 991. The van der Waals surface area contributed by atoms with Crippen LogP contribution in [0.15, 0.2) is 54.6 Å². The molecule has 0 unspecified atom stereocenters. The summed E-state index contributed by atoms with van der Waals surface area (Å²) in [6.07, 6.45) is 0.593. The molecule has 2 aromatic carbocycles. The summed E-state index contributed by atoms with van der Waals surface area (Å²) in [5.41, 5.74) is 1.42. The number of benzene rings is 2. The molecular formula is C25H28N2O5. The summed E-state index contributed by atoms with van der Waals surface area (Å²) in [5.74, 6) is -0.162. The molecular weight excluding hydrogens is 408 g/mol. The number of carbonyl (C=O) groups is 3. The van der Waals surface area contributed by atoms with E-state index in [-0.39, 0.29) is 30.3 Å².